The minimum Gasteiger partial charge on any atom is -0.619 e. The number of aromatic carboxylic acids is 1. The molecule has 0 atom stereocenters. The normalized spacial score (nSPS) is 9.54. The van der Waals surface area contributed by atoms with E-state index in [-0.39, 0.29) is 4.73 Å². The van der Waals surface area contributed by atoms with Gasteiger partial charge in [-0.2, -0.15) is 4.73 Å². The summed E-state index contributed by atoms with van der Waals surface area (Å²) in [5.74, 6) is -1.38. The number of rotatable bonds is 2. The second-order valence-corrected chi connectivity index (χ2v) is 2.20. The van der Waals surface area contributed by atoms with Crippen molar-refractivity contribution in [3.8, 4) is 0 Å². The molecule has 0 spiro atoms. The minimum atomic E-state index is -1.38. The van der Waals surface area contributed by atoms with Crippen LogP contribution < -0.4 is 4.73 Å². The molecule has 1 aromatic heterocycles. The highest BCUT2D eigenvalue weighted by Gasteiger charge is 2.16. The van der Waals surface area contributed by atoms with Crippen LogP contribution in [-0.4, -0.2) is 16.0 Å². The molecule has 0 aliphatic carbocycles. The van der Waals surface area contributed by atoms with Crippen LogP contribution >= 0.6 is 0 Å². The first-order chi connectivity index (χ1) is 6.00. The van der Waals surface area contributed by atoms with E-state index in [1.165, 1.54) is 0 Å². The lowest BCUT2D eigenvalue weighted by Crippen LogP contribution is -2.26. The SMILES string of the molecule is O=C(O)c1cc([N+](=O)[O-])c[n+]([O-])c1. The van der Waals surface area contributed by atoms with E-state index in [1.54, 1.807) is 0 Å². The second kappa shape index (κ2) is 3.05. The van der Waals surface area contributed by atoms with E-state index in [0.717, 1.165) is 12.3 Å². The lowest BCUT2D eigenvalue weighted by Gasteiger charge is -1.96. The van der Waals surface area contributed by atoms with E-state index >= 15 is 0 Å². The van der Waals surface area contributed by atoms with Crippen LogP contribution in [0.3, 0.4) is 0 Å². The third-order valence-corrected chi connectivity index (χ3v) is 1.29. The van der Waals surface area contributed by atoms with Crippen molar-refractivity contribution in [2.45, 2.75) is 0 Å². The van der Waals surface area contributed by atoms with E-state index in [2.05, 4.69) is 0 Å². The van der Waals surface area contributed by atoms with E-state index in [4.69, 9.17) is 5.11 Å². The van der Waals surface area contributed by atoms with Gasteiger partial charge in [-0.05, 0) is 0 Å². The maximum atomic E-state index is 10.7. The molecule has 0 amide bonds. The molecule has 0 unspecified atom stereocenters. The van der Waals surface area contributed by atoms with Crippen LogP contribution in [-0.2, 0) is 0 Å². The average Bonchev–Trinajstić information content (AvgIpc) is 2.03. The summed E-state index contributed by atoms with van der Waals surface area (Å²) in [6, 6.07) is 0.816. The molecule has 1 rings (SSSR count). The highest BCUT2D eigenvalue weighted by Crippen LogP contribution is 2.09. The van der Waals surface area contributed by atoms with Crippen molar-refractivity contribution in [2.75, 3.05) is 0 Å². The van der Waals surface area contributed by atoms with Gasteiger partial charge in [0, 0.05) is 6.07 Å². The molecule has 0 radical (unpaired) electrons. The van der Waals surface area contributed by atoms with Crippen LogP contribution in [0.4, 0.5) is 5.69 Å². The zero-order valence-electron chi connectivity index (χ0n) is 6.21. The molecule has 0 fully saturated rings. The number of carbonyl (C=O) groups is 1. The Labute approximate surface area is 71.6 Å². The summed E-state index contributed by atoms with van der Waals surface area (Å²) in [7, 11) is 0. The van der Waals surface area contributed by atoms with Crippen LogP contribution in [0.15, 0.2) is 18.5 Å². The maximum absolute atomic E-state index is 10.7. The van der Waals surface area contributed by atoms with Gasteiger partial charge in [-0.15, -0.1) is 0 Å². The number of nitrogens with zero attached hydrogens (tertiary/aromatic N) is 2. The molecule has 1 N–H and O–H groups in total. The van der Waals surface area contributed by atoms with Gasteiger partial charge in [0.2, 0.25) is 0 Å². The van der Waals surface area contributed by atoms with Gasteiger partial charge < -0.3 is 10.3 Å². The topological polar surface area (TPSA) is 107 Å². The van der Waals surface area contributed by atoms with Crippen molar-refractivity contribution in [2.24, 2.45) is 0 Å². The number of hydrogen-bond acceptors (Lipinski definition) is 4. The number of aromatic nitrogens is 1. The predicted molar refractivity (Wildman–Crippen MR) is 39.0 cm³/mol. The molecular weight excluding hydrogens is 180 g/mol. The van der Waals surface area contributed by atoms with E-state index in [1.807, 2.05) is 0 Å². The highest BCUT2D eigenvalue weighted by atomic mass is 16.6. The largest absolute Gasteiger partial charge is 0.619 e. The van der Waals surface area contributed by atoms with Crippen molar-refractivity contribution in [3.05, 3.63) is 39.3 Å². The Morgan fingerprint density at radius 2 is 2.15 bits per heavy atom. The molecule has 0 aliphatic heterocycles. The van der Waals surface area contributed by atoms with Gasteiger partial charge in [-0.25, -0.2) is 4.79 Å². The van der Waals surface area contributed by atoms with Gasteiger partial charge in [0.05, 0.1) is 4.92 Å². The molecular formula is C6H4N2O5. The highest BCUT2D eigenvalue weighted by molar-refractivity contribution is 5.87. The quantitative estimate of drug-likeness (QED) is 0.299. The lowest BCUT2D eigenvalue weighted by atomic mass is 10.3. The van der Waals surface area contributed by atoms with E-state index < -0.39 is 22.1 Å². The van der Waals surface area contributed by atoms with Crippen molar-refractivity contribution >= 4 is 11.7 Å². The number of pyridine rings is 1. The van der Waals surface area contributed by atoms with Crippen LogP contribution in [0.1, 0.15) is 10.4 Å². The maximum Gasteiger partial charge on any atom is 0.342 e. The molecule has 0 bridgehead atoms. The monoisotopic (exact) mass is 184 g/mol. The lowest BCUT2D eigenvalue weighted by molar-refractivity contribution is -0.609. The summed E-state index contributed by atoms with van der Waals surface area (Å²) in [4.78, 5) is 19.7. The molecule has 0 aliphatic rings. The van der Waals surface area contributed by atoms with Gasteiger partial charge in [-0.1, -0.05) is 0 Å². The van der Waals surface area contributed by atoms with Gasteiger partial charge in [0.25, 0.3) is 6.20 Å². The van der Waals surface area contributed by atoms with E-state index in [0.29, 0.717) is 6.20 Å². The molecule has 0 saturated carbocycles. The third kappa shape index (κ3) is 1.89. The molecule has 0 saturated heterocycles. The predicted octanol–water partition coefficient (Wildman–Crippen LogP) is -0.0736. The number of hydrogen-bond donors (Lipinski definition) is 1. The van der Waals surface area contributed by atoms with Crippen LogP contribution in [0.2, 0.25) is 0 Å². The first kappa shape index (κ1) is 8.91. The number of nitro groups is 1. The molecule has 1 heterocycles. The fourth-order valence-electron chi connectivity index (χ4n) is 0.755. The summed E-state index contributed by atoms with van der Waals surface area (Å²) >= 11 is 0. The summed E-state index contributed by atoms with van der Waals surface area (Å²) in [5.41, 5.74) is -0.959. The van der Waals surface area contributed by atoms with Crippen LogP contribution in [0.25, 0.3) is 0 Å². The fourth-order valence-corrected chi connectivity index (χ4v) is 0.755. The van der Waals surface area contributed by atoms with Crippen LogP contribution in [0, 0.1) is 15.3 Å². The number of carboxylic acid groups (broad SMARTS) is 1. The first-order valence-electron chi connectivity index (χ1n) is 3.12. The minimum absolute atomic E-state index is 0.0849. The Morgan fingerprint density at radius 1 is 1.54 bits per heavy atom. The second-order valence-electron chi connectivity index (χ2n) is 2.20. The summed E-state index contributed by atoms with van der Waals surface area (Å²) in [5, 5.41) is 29.3. The average molecular weight is 184 g/mol. The van der Waals surface area contributed by atoms with Crippen molar-refractivity contribution in [1.82, 2.24) is 0 Å². The molecule has 7 heteroatoms. The molecule has 7 nitrogen and oxygen atoms in total. The van der Waals surface area contributed by atoms with Crippen LogP contribution in [0.5, 0.6) is 0 Å². The summed E-state index contributed by atoms with van der Waals surface area (Å²) < 4.78 is 0.0849. The fraction of sp³-hybridized carbons (Fsp3) is 0. The Bertz CT molecular complexity index is 343. The van der Waals surface area contributed by atoms with Gasteiger partial charge >= 0.3 is 11.7 Å². The standard InChI is InChI=1S/C6H4N2O5/c9-6(10)4-1-5(8(12)13)3-7(11)2-4/h1-3H,(H,9,10). The third-order valence-electron chi connectivity index (χ3n) is 1.29. The Balaban J connectivity index is 3.26. The molecule has 13 heavy (non-hydrogen) atoms. The van der Waals surface area contributed by atoms with Gasteiger partial charge in [-0.3, -0.25) is 10.1 Å². The zero-order valence-corrected chi connectivity index (χ0v) is 6.21. The van der Waals surface area contributed by atoms with Crippen molar-refractivity contribution in [1.29, 1.82) is 0 Å². The molecule has 68 valence electrons. The summed E-state index contributed by atoms with van der Waals surface area (Å²) in [6.07, 6.45) is 1.43. The zero-order chi connectivity index (χ0) is 10.0. The van der Waals surface area contributed by atoms with E-state index in [9.17, 15) is 20.1 Å². The summed E-state index contributed by atoms with van der Waals surface area (Å²) in [6.45, 7) is 0. The van der Waals surface area contributed by atoms with Gasteiger partial charge in [0.15, 0.2) is 6.20 Å². The Morgan fingerprint density at radius 3 is 2.62 bits per heavy atom. The smallest absolute Gasteiger partial charge is 0.342 e. The molecule has 0 aromatic carbocycles. The Kier molecular flexibility index (Phi) is 2.09. The number of carboxylic acids is 1. The Hall–Kier alpha value is -2.18. The van der Waals surface area contributed by atoms with Gasteiger partial charge in [0.1, 0.15) is 5.56 Å². The first-order valence-corrected chi connectivity index (χ1v) is 3.12. The van der Waals surface area contributed by atoms with Crippen molar-refractivity contribution in [3.63, 3.8) is 0 Å². The van der Waals surface area contributed by atoms with Crippen molar-refractivity contribution < 1.29 is 19.6 Å². The molecule has 1 aromatic rings.